The van der Waals surface area contributed by atoms with Crippen LogP contribution in [0, 0.1) is 0 Å². The molecule has 3 aromatic rings. The normalized spacial score (nSPS) is 16.9. The Morgan fingerprint density at radius 2 is 1.94 bits per heavy atom. The third-order valence-electron chi connectivity index (χ3n) is 5.95. The van der Waals surface area contributed by atoms with Gasteiger partial charge in [-0.05, 0) is 48.7 Å². The summed E-state index contributed by atoms with van der Waals surface area (Å²) in [6.45, 7) is 1.68. The van der Waals surface area contributed by atoms with Crippen LogP contribution in [0.15, 0.2) is 42.5 Å². The maximum Gasteiger partial charge on any atom is 0.252 e. The van der Waals surface area contributed by atoms with Crippen LogP contribution in [0.25, 0.3) is 10.9 Å². The summed E-state index contributed by atoms with van der Waals surface area (Å²) in [4.78, 5) is 22.1. The number of hydrogen-bond acceptors (Lipinski definition) is 6. The monoisotopic (exact) mass is 467 g/mol. The molecule has 1 amide bonds. The van der Waals surface area contributed by atoms with Crippen LogP contribution in [0.1, 0.15) is 24.0 Å². The molecule has 1 fully saturated rings. The highest BCUT2D eigenvalue weighted by atomic mass is 35.5. The second-order valence-corrected chi connectivity index (χ2v) is 9.02. The van der Waals surface area contributed by atoms with Crippen LogP contribution >= 0.6 is 11.6 Å². The summed E-state index contributed by atoms with van der Waals surface area (Å²) in [5.41, 5.74) is 2.75. The average molecular weight is 468 g/mol. The molecule has 0 bridgehead atoms. The molecule has 0 spiro atoms. The average Bonchev–Trinajstić information content (AvgIpc) is 3.49. The van der Waals surface area contributed by atoms with Crippen molar-refractivity contribution >= 4 is 34.2 Å². The molecule has 0 saturated carbocycles. The minimum Gasteiger partial charge on any atom is -0.454 e. The maximum absolute atomic E-state index is 13.5. The Morgan fingerprint density at radius 1 is 1.09 bits per heavy atom. The molecule has 1 unspecified atom stereocenters. The molecule has 8 heteroatoms. The Bertz CT molecular complexity index is 1190. The fourth-order valence-electron chi connectivity index (χ4n) is 4.33. The minimum absolute atomic E-state index is 0.00826. The van der Waals surface area contributed by atoms with E-state index in [4.69, 9.17) is 30.8 Å². The third kappa shape index (κ3) is 4.56. The predicted molar refractivity (Wildman–Crippen MR) is 127 cm³/mol. The van der Waals surface area contributed by atoms with Crippen molar-refractivity contribution < 1.29 is 19.0 Å². The van der Waals surface area contributed by atoms with Crippen LogP contribution in [0.2, 0.25) is 5.02 Å². The predicted octanol–water partition coefficient (Wildman–Crippen LogP) is 4.39. The number of amides is 1. The van der Waals surface area contributed by atoms with Crippen LogP contribution in [0.3, 0.4) is 0 Å². The van der Waals surface area contributed by atoms with Gasteiger partial charge in [-0.25, -0.2) is 4.98 Å². The van der Waals surface area contributed by atoms with E-state index in [1.165, 1.54) is 0 Å². The first-order valence-corrected chi connectivity index (χ1v) is 11.4. The van der Waals surface area contributed by atoms with E-state index < -0.39 is 6.10 Å². The zero-order valence-electron chi connectivity index (χ0n) is 18.7. The van der Waals surface area contributed by atoms with Crippen LogP contribution in [-0.2, 0) is 22.6 Å². The molecule has 172 valence electrons. The number of benzene rings is 2. The van der Waals surface area contributed by atoms with Gasteiger partial charge in [0.15, 0.2) is 11.5 Å². The van der Waals surface area contributed by atoms with Crippen LogP contribution in [0.5, 0.6) is 11.5 Å². The molecule has 1 saturated heterocycles. The summed E-state index contributed by atoms with van der Waals surface area (Å²) in [7, 11) is 3.90. The summed E-state index contributed by atoms with van der Waals surface area (Å²) < 4.78 is 16.7. The summed E-state index contributed by atoms with van der Waals surface area (Å²) in [5.74, 6) is 2.23. The Balaban J connectivity index is 1.49. The van der Waals surface area contributed by atoms with Crippen molar-refractivity contribution in [3.05, 3.63) is 58.6 Å². The van der Waals surface area contributed by atoms with E-state index in [9.17, 15) is 4.79 Å². The zero-order chi connectivity index (χ0) is 22.9. The summed E-state index contributed by atoms with van der Waals surface area (Å²) in [5, 5.41) is 1.62. The van der Waals surface area contributed by atoms with E-state index in [1.807, 2.05) is 60.3 Å². The van der Waals surface area contributed by atoms with Gasteiger partial charge in [-0.2, -0.15) is 0 Å². The van der Waals surface area contributed by atoms with Gasteiger partial charge in [0, 0.05) is 49.8 Å². The number of halogens is 1. The van der Waals surface area contributed by atoms with Gasteiger partial charge in [0.2, 0.25) is 6.79 Å². The summed E-state index contributed by atoms with van der Waals surface area (Å²) in [6.07, 6.45) is 1.23. The van der Waals surface area contributed by atoms with Gasteiger partial charge in [0.25, 0.3) is 5.91 Å². The topological polar surface area (TPSA) is 64.1 Å². The molecule has 33 heavy (non-hydrogen) atoms. The van der Waals surface area contributed by atoms with Gasteiger partial charge >= 0.3 is 0 Å². The Kier molecular flexibility index (Phi) is 6.00. The first kappa shape index (κ1) is 21.8. The molecule has 2 aliphatic heterocycles. The Hall–Kier alpha value is -3.03. The molecule has 0 aliphatic carbocycles. The number of pyridine rings is 1. The summed E-state index contributed by atoms with van der Waals surface area (Å²) in [6, 6.07) is 13.5. The van der Waals surface area contributed by atoms with E-state index in [1.54, 1.807) is 0 Å². The number of carbonyl (C=O) groups is 1. The smallest absolute Gasteiger partial charge is 0.252 e. The highest BCUT2D eigenvalue weighted by molar-refractivity contribution is 6.31. The first-order valence-electron chi connectivity index (χ1n) is 11.0. The van der Waals surface area contributed by atoms with Gasteiger partial charge < -0.3 is 24.0 Å². The largest absolute Gasteiger partial charge is 0.454 e. The zero-order valence-corrected chi connectivity index (χ0v) is 19.5. The number of anilines is 1. The van der Waals surface area contributed by atoms with Crippen LogP contribution in [-0.4, -0.2) is 49.4 Å². The maximum atomic E-state index is 13.5. The van der Waals surface area contributed by atoms with Gasteiger partial charge in [-0.15, -0.1) is 0 Å². The lowest BCUT2D eigenvalue weighted by Gasteiger charge is -2.27. The number of aromatic nitrogens is 1. The van der Waals surface area contributed by atoms with Crippen LogP contribution in [0.4, 0.5) is 5.82 Å². The molecule has 5 rings (SSSR count). The third-order valence-corrected chi connectivity index (χ3v) is 6.18. The second kappa shape index (κ2) is 9.08. The number of fused-ring (bicyclic) bond motifs is 2. The molecule has 2 aromatic carbocycles. The van der Waals surface area contributed by atoms with Gasteiger partial charge in [-0.1, -0.05) is 23.7 Å². The lowest BCUT2D eigenvalue weighted by atomic mass is 10.1. The fraction of sp³-hybridized carbons (Fsp3) is 0.360. The Labute approximate surface area is 197 Å². The van der Waals surface area contributed by atoms with Gasteiger partial charge in [0.05, 0.1) is 5.52 Å². The van der Waals surface area contributed by atoms with E-state index >= 15 is 0 Å². The fourth-order valence-corrected chi connectivity index (χ4v) is 4.50. The van der Waals surface area contributed by atoms with Crippen molar-refractivity contribution in [3.8, 4) is 11.5 Å². The SMILES string of the molecule is CN(C)c1nc2cc(Cl)ccc2cc1CN(Cc1ccc2c(c1)OCO2)C(=O)C1CCCO1. The molecule has 7 nitrogen and oxygen atoms in total. The summed E-state index contributed by atoms with van der Waals surface area (Å²) >= 11 is 6.18. The number of carbonyl (C=O) groups excluding carboxylic acids is 1. The van der Waals surface area contributed by atoms with Crippen molar-refractivity contribution in [2.24, 2.45) is 0 Å². The number of ether oxygens (including phenoxy) is 3. The highest BCUT2D eigenvalue weighted by Gasteiger charge is 2.29. The van der Waals surface area contributed by atoms with Gasteiger partial charge in [-0.3, -0.25) is 4.79 Å². The molecule has 0 radical (unpaired) electrons. The molecular formula is C25H26ClN3O4. The number of rotatable bonds is 6. The van der Waals surface area contributed by atoms with Crippen molar-refractivity contribution in [1.82, 2.24) is 9.88 Å². The lowest BCUT2D eigenvalue weighted by molar-refractivity contribution is -0.142. The van der Waals surface area contributed by atoms with Crippen LogP contribution < -0.4 is 14.4 Å². The van der Waals surface area contributed by atoms with Crippen molar-refractivity contribution in [3.63, 3.8) is 0 Å². The standard InChI is InChI=1S/C25H26ClN3O4/c1-28(2)24-18(11-17-6-7-19(26)12-20(17)27-24)14-29(25(30)22-4-3-9-31-22)13-16-5-8-21-23(10-16)33-15-32-21/h5-8,10-12,22H,3-4,9,13-15H2,1-2H3. The molecular weight excluding hydrogens is 442 g/mol. The second-order valence-electron chi connectivity index (χ2n) is 8.59. The van der Waals surface area contributed by atoms with Crippen molar-refractivity contribution in [2.75, 3.05) is 32.4 Å². The Morgan fingerprint density at radius 3 is 2.73 bits per heavy atom. The number of hydrogen-bond donors (Lipinski definition) is 0. The molecule has 2 aliphatic rings. The van der Waals surface area contributed by atoms with E-state index in [0.29, 0.717) is 30.5 Å². The molecule has 1 aromatic heterocycles. The number of nitrogens with zero attached hydrogens (tertiary/aromatic N) is 3. The van der Waals surface area contributed by atoms with E-state index in [0.717, 1.165) is 46.4 Å². The first-order chi connectivity index (χ1) is 16.0. The quantitative estimate of drug-likeness (QED) is 0.535. The molecule has 3 heterocycles. The van der Waals surface area contributed by atoms with Crippen molar-refractivity contribution in [1.29, 1.82) is 0 Å². The molecule has 1 atom stereocenters. The highest BCUT2D eigenvalue weighted by Crippen LogP contribution is 2.33. The molecule has 0 N–H and O–H groups in total. The minimum atomic E-state index is -0.408. The lowest BCUT2D eigenvalue weighted by Crippen LogP contribution is -2.38. The van der Waals surface area contributed by atoms with Gasteiger partial charge in [0.1, 0.15) is 11.9 Å². The van der Waals surface area contributed by atoms with E-state index in [-0.39, 0.29) is 12.7 Å². The van der Waals surface area contributed by atoms with E-state index in [2.05, 4.69) is 6.07 Å². The van der Waals surface area contributed by atoms with Crippen molar-refractivity contribution in [2.45, 2.75) is 32.0 Å².